The highest BCUT2D eigenvalue weighted by Crippen LogP contribution is 2.29. The molecule has 2 saturated heterocycles. The number of amides is 2. The van der Waals surface area contributed by atoms with Crippen LogP contribution < -0.4 is 10.6 Å². The lowest BCUT2D eigenvalue weighted by molar-refractivity contribution is 0.157. The summed E-state index contributed by atoms with van der Waals surface area (Å²) in [5.74, 6) is -0.241. The van der Waals surface area contributed by atoms with Gasteiger partial charge in [-0.15, -0.1) is 0 Å². The lowest BCUT2D eigenvalue weighted by Gasteiger charge is -2.35. The van der Waals surface area contributed by atoms with Gasteiger partial charge in [-0.05, 0) is 43.6 Å². The van der Waals surface area contributed by atoms with Crippen LogP contribution in [0.5, 0.6) is 0 Å². The van der Waals surface area contributed by atoms with Gasteiger partial charge in [-0.2, -0.15) is 0 Å². The van der Waals surface area contributed by atoms with Gasteiger partial charge < -0.3 is 15.5 Å². The van der Waals surface area contributed by atoms with Gasteiger partial charge >= 0.3 is 6.03 Å². The van der Waals surface area contributed by atoms with Gasteiger partial charge in [-0.3, -0.25) is 0 Å². The highest BCUT2D eigenvalue weighted by Gasteiger charge is 2.37. The normalized spacial score (nSPS) is 24.6. The van der Waals surface area contributed by atoms with Crippen LogP contribution in [0.3, 0.4) is 0 Å². The van der Waals surface area contributed by atoms with E-state index in [2.05, 4.69) is 10.6 Å². The third-order valence-electron chi connectivity index (χ3n) is 3.97. The van der Waals surface area contributed by atoms with E-state index >= 15 is 0 Å². The molecule has 2 fully saturated rings. The third-order valence-corrected chi connectivity index (χ3v) is 3.97. The van der Waals surface area contributed by atoms with Crippen molar-refractivity contribution in [2.24, 2.45) is 0 Å². The van der Waals surface area contributed by atoms with E-state index in [4.69, 9.17) is 0 Å². The first kappa shape index (κ1) is 12.4. The molecule has 2 N–H and O–H groups in total. The largest absolute Gasteiger partial charge is 0.336 e. The Balaban J connectivity index is 1.83. The van der Waals surface area contributed by atoms with Crippen molar-refractivity contribution in [1.82, 2.24) is 15.5 Å². The maximum Gasteiger partial charge on any atom is 0.318 e. The molecule has 0 saturated carbocycles. The first-order valence-electron chi connectivity index (χ1n) is 6.78. The summed E-state index contributed by atoms with van der Waals surface area (Å²) in [5.41, 5.74) is 0.998. The number of carbonyl (C=O) groups is 1. The topological polar surface area (TPSA) is 44.4 Å². The summed E-state index contributed by atoms with van der Waals surface area (Å²) < 4.78 is 13.0. The third kappa shape index (κ3) is 2.42. The zero-order chi connectivity index (χ0) is 13.2. The number of piperidine rings is 1. The quantitative estimate of drug-likeness (QED) is 0.852. The average molecular weight is 263 g/mol. The Kier molecular flexibility index (Phi) is 3.38. The number of nitrogens with one attached hydrogen (secondary N) is 2. The van der Waals surface area contributed by atoms with E-state index in [0.717, 1.165) is 31.5 Å². The lowest BCUT2D eigenvalue weighted by Crippen LogP contribution is -2.45. The number of carbonyl (C=O) groups excluding carboxylic acids is 1. The summed E-state index contributed by atoms with van der Waals surface area (Å²) >= 11 is 0. The summed E-state index contributed by atoms with van der Waals surface area (Å²) in [6.07, 6.45) is 1.95. The summed E-state index contributed by atoms with van der Waals surface area (Å²) in [6.45, 7) is 2.50. The van der Waals surface area contributed by atoms with Crippen molar-refractivity contribution < 1.29 is 9.18 Å². The fourth-order valence-corrected chi connectivity index (χ4v) is 2.98. The molecule has 0 aromatic heterocycles. The van der Waals surface area contributed by atoms with E-state index in [0.29, 0.717) is 6.54 Å². The van der Waals surface area contributed by atoms with E-state index in [1.807, 2.05) is 4.90 Å². The number of hydrogen-bond donors (Lipinski definition) is 2. The van der Waals surface area contributed by atoms with Crippen LogP contribution in [-0.4, -0.2) is 36.6 Å². The molecule has 2 amide bonds. The van der Waals surface area contributed by atoms with Crippen molar-refractivity contribution >= 4 is 6.03 Å². The van der Waals surface area contributed by atoms with Crippen molar-refractivity contribution in [2.75, 3.05) is 19.6 Å². The number of halogens is 1. The maximum atomic E-state index is 13.0. The fraction of sp³-hybridized carbons (Fsp3) is 0.500. The second-order valence-corrected chi connectivity index (χ2v) is 5.14. The number of rotatable bonds is 2. The minimum atomic E-state index is -0.241. The van der Waals surface area contributed by atoms with Crippen LogP contribution in [-0.2, 0) is 0 Å². The molecule has 2 aliphatic rings. The Labute approximate surface area is 112 Å². The van der Waals surface area contributed by atoms with Crippen molar-refractivity contribution in [3.8, 4) is 0 Å². The molecule has 2 aliphatic heterocycles. The van der Waals surface area contributed by atoms with Gasteiger partial charge in [-0.25, -0.2) is 9.18 Å². The first-order chi connectivity index (χ1) is 9.25. The molecule has 102 valence electrons. The molecule has 0 aliphatic carbocycles. The predicted molar refractivity (Wildman–Crippen MR) is 70.3 cm³/mol. The Bertz CT molecular complexity index is 456. The molecule has 5 heteroatoms. The standard InChI is InChI=1S/C14H18FN3O/c15-11-3-1-10(2-4-11)13-9-17-14(19)18(13)12-5-7-16-8-6-12/h1-4,12-13,16H,5-9H2,(H,17,19). The van der Waals surface area contributed by atoms with E-state index in [1.54, 1.807) is 12.1 Å². The predicted octanol–water partition coefficient (Wildman–Crippen LogP) is 1.64. The molecular weight excluding hydrogens is 245 g/mol. The van der Waals surface area contributed by atoms with E-state index in [9.17, 15) is 9.18 Å². The summed E-state index contributed by atoms with van der Waals surface area (Å²) in [7, 11) is 0. The fourth-order valence-electron chi connectivity index (χ4n) is 2.98. The number of nitrogens with zero attached hydrogens (tertiary/aromatic N) is 1. The van der Waals surface area contributed by atoms with Gasteiger partial charge in [0.1, 0.15) is 5.82 Å². The molecule has 2 heterocycles. The minimum absolute atomic E-state index is 0.00113. The molecule has 3 rings (SSSR count). The molecule has 19 heavy (non-hydrogen) atoms. The van der Waals surface area contributed by atoms with Crippen LogP contribution in [0.2, 0.25) is 0 Å². The Morgan fingerprint density at radius 3 is 2.53 bits per heavy atom. The van der Waals surface area contributed by atoms with Crippen LogP contribution in [0.15, 0.2) is 24.3 Å². The van der Waals surface area contributed by atoms with E-state index in [-0.39, 0.29) is 23.9 Å². The Hall–Kier alpha value is -1.62. The number of urea groups is 1. The van der Waals surface area contributed by atoms with Crippen LogP contribution >= 0.6 is 0 Å². The summed E-state index contributed by atoms with van der Waals surface area (Å²) in [5, 5.41) is 6.21. The molecule has 0 spiro atoms. The SMILES string of the molecule is O=C1NCC(c2ccc(F)cc2)N1C1CCNCC1. The van der Waals surface area contributed by atoms with Gasteiger partial charge in [-0.1, -0.05) is 12.1 Å². The van der Waals surface area contributed by atoms with Gasteiger partial charge in [0.05, 0.1) is 6.04 Å². The minimum Gasteiger partial charge on any atom is -0.336 e. The molecule has 1 aromatic rings. The highest BCUT2D eigenvalue weighted by atomic mass is 19.1. The van der Waals surface area contributed by atoms with Gasteiger partial charge in [0.2, 0.25) is 0 Å². The van der Waals surface area contributed by atoms with Crippen LogP contribution in [0.4, 0.5) is 9.18 Å². The second-order valence-electron chi connectivity index (χ2n) is 5.14. The molecular formula is C14H18FN3O. The summed E-state index contributed by atoms with van der Waals surface area (Å²) in [4.78, 5) is 14.0. The molecule has 4 nitrogen and oxygen atoms in total. The van der Waals surface area contributed by atoms with Gasteiger partial charge in [0.15, 0.2) is 0 Å². The molecule has 1 unspecified atom stereocenters. The number of hydrogen-bond acceptors (Lipinski definition) is 2. The molecule has 0 bridgehead atoms. The highest BCUT2D eigenvalue weighted by molar-refractivity contribution is 5.77. The van der Waals surface area contributed by atoms with E-state index in [1.165, 1.54) is 12.1 Å². The van der Waals surface area contributed by atoms with Gasteiger partial charge in [0.25, 0.3) is 0 Å². The number of benzene rings is 1. The molecule has 0 radical (unpaired) electrons. The average Bonchev–Trinajstić information content (AvgIpc) is 2.82. The Morgan fingerprint density at radius 2 is 1.84 bits per heavy atom. The molecule has 1 aromatic carbocycles. The molecule has 1 atom stereocenters. The zero-order valence-electron chi connectivity index (χ0n) is 10.7. The van der Waals surface area contributed by atoms with Gasteiger partial charge in [0, 0.05) is 12.6 Å². The Morgan fingerprint density at radius 1 is 1.16 bits per heavy atom. The van der Waals surface area contributed by atoms with E-state index < -0.39 is 0 Å². The van der Waals surface area contributed by atoms with Crippen LogP contribution in [0.25, 0.3) is 0 Å². The van der Waals surface area contributed by atoms with Crippen LogP contribution in [0.1, 0.15) is 24.4 Å². The second kappa shape index (κ2) is 5.17. The van der Waals surface area contributed by atoms with Crippen molar-refractivity contribution in [3.63, 3.8) is 0 Å². The van der Waals surface area contributed by atoms with Crippen molar-refractivity contribution in [3.05, 3.63) is 35.6 Å². The maximum absolute atomic E-state index is 13.0. The first-order valence-corrected chi connectivity index (χ1v) is 6.78. The van der Waals surface area contributed by atoms with Crippen molar-refractivity contribution in [2.45, 2.75) is 24.9 Å². The smallest absolute Gasteiger partial charge is 0.318 e. The van der Waals surface area contributed by atoms with Crippen LogP contribution in [0, 0.1) is 5.82 Å². The monoisotopic (exact) mass is 263 g/mol. The summed E-state index contributed by atoms with van der Waals surface area (Å²) in [6, 6.07) is 6.76. The zero-order valence-corrected chi connectivity index (χ0v) is 10.7. The van der Waals surface area contributed by atoms with Crippen molar-refractivity contribution in [1.29, 1.82) is 0 Å². The lowest BCUT2D eigenvalue weighted by atomic mass is 10.00.